The second-order valence-corrected chi connectivity index (χ2v) is 6.53. The fourth-order valence-electron chi connectivity index (χ4n) is 2.64. The van der Waals surface area contributed by atoms with Crippen LogP contribution in [0.25, 0.3) is 11.3 Å². The first-order chi connectivity index (χ1) is 12.7. The number of hydrogen-bond acceptors (Lipinski definition) is 7. The highest BCUT2D eigenvalue weighted by Crippen LogP contribution is 2.38. The molecule has 2 heterocycles. The summed E-state index contributed by atoms with van der Waals surface area (Å²) in [7, 11) is 0. The molecular weight excluding hydrogens is 348 g/mol. The maximum atomic E-state index is 9.70. The van der Waals surface area contributed by atoms with E-state index in [1.54, 1.807) is 12.1 Å². The van der Waals surface area contributed by atoms with E-state index in [9.17, 15) is 5.26 Å². The van der Waals surface area contributed by atoms with Crippen molar-refractivity contribution in [3.63, 3.8) is 0 Å². The molecule has 3 aromatic rings. The lowest BCUT2D eigenvalue weighted by atomic mass is 10.1. The Morgan fingerprint density at radius 1 is 1.08 bits per heavy atom. The number of anilines is 1. The fraction of sp³-hybridized carbons (Fsp3) is 0.105. The van der Waals surface area contributed by atoms with Crippen molar-refractivity contribution in [1.82, 2.24) is 9.97 Å². The molecule has 0 saturated heterocycles. The summed E-state index contributed by atoms with van der Waals surface area (Å²) in [5, 5.41) is 10.3. The summed E-state index contributed by atoms with van der Waals surface area (Å²) < 4.78 is 10.7. The van der Waals surface area contributed by atoms with Crippen LogP contribution in [0.5, 0.6) is 11.5 Å². The maximum Gasteiger partial charge on any atom is 0.231 e. The third kappa shape index (κ3) is 3.15. The van der Waals surface area contributed by atoms with Gasteiger partial charge in [0.1, 0.15) is 16.7 Å². The Morgan fingerprint density at radius 3 is 2.69 bits per heavy atom. The number of thioether (sulfide) groups is 1. The van der Waals surface area contributed by atoms with Gasteiger partial charge in [-0.2, -0.15) is 5.26 Å². The monoisotopic (exact) mass is 362 g/mol. The van der Waals surface area contributed by atoms with Crippen molar-refractivity contribution in [2.45, 2.75) is 10.8 Å². The minimum atomic E-state index is 0.132. The van der Waals surface area contributed by atoms with E-state index in [2.05, 4.69) is 16.0 Å². The lowest BCUT2D eigenvalue weighted by Gasteiger charge is -2.10. The number of nitrogens with two attached hydrogens (primary N) is 1. The summed E-state index contributed by atoms with van der Waals surface area (Å²) in [5.41, 5.74) is 8.68. The minimum absolute atomic E-state index is 0.132. The van der Waals surface area contributed by atoms with Crippen LogP contribution in [-0.4, -0.2) is 16.8 Å². The first-order valence-corrected chi connectivity index (χ1v) is 8.87. The van der Waals surface area contributed by atoms with E-state index in [-0.39, 0.29) is 12.7 Å². The van der Waals surface area contributed by atoms with Crippen LogP contribution in [0.3, 0.4) is 0 Å². The smallest absolute Gasteiger partial charge is 0.231 e. The van der Waals surface area contributed by atoms with Crippen LogP contribution in [0.1, 0.15) is 11.1 Å². The van der Waals surface area contributed by atoms with Gasteiger partial charge in [0.2, 0.25) is 12.7 Å². The average Bonchev–Trinajstić information content (AvgIpc) is 3.14. The predicted molar refractivity (Wildman–Crippen MR) is 98.7 cm³/mol. The third-order valence-electron chi connectivity index (χ3n) is 3.87. The average molecular weight is 362 g/mol. The summed E-state index contributed by atoms with van der Waals surface area (Å²) in [6.45, 7) is 0.188. The van der Waals surface area contributed by atoms with E-state index in [0.29, 0.717) is 33.5 Å². The summed E-state index contributed by atoms with van der Waals surface area (Å²) >= 11 is 1.46. The van der Waals surface area contributed by atoms with Crippen molar-refractivity contribution in [2.24, 2.45) is 0 Å². The Hall–Kier alpha value is -3.24. The Labute approximate surface area is 154 Å². The van der Waals surface area contributed by atoms with Gasteiger partial charge in [-0.25, -0.2) is 9.97 Å². The highest BCUT2D eigenvalue weighted by atomic mass is 32.2. The molecule has 1 aliphatic rings. The largest absolute Gasteiger partial charge is 0.454 e. The van der Waals surface area contributed by atoms with E-state index in [4.69, 9.17) is 15.2 Å². The molecule has 4 rings (SSSR count). The maximum absolute atomic E-state index is 9.70. The Balaban J connectivity index is 1.71. The molecule has 0 bridgehead atoms. The van der Waals surface area contributed by atoms with Crippen LogP contribution in [0.4, 0.5) is 5.95 Å². The van der Waals surface area contributed by atoms with Gasteiger partial charge in [0.25, 0.3) is 0 Å². The van der Waals surface area contributed by atoms with Gasteiger partial charge >= 0.3 is 0 Å². The molecule has 0 fully saturated rings. The molecular formula is C19H14N4O2S. The number of fused-ring (bicyclic) bond motifs is 1. The van der Waals surface area contributed by atoms with Crippen molar-refractivity contribution in [3.05, 3.63) is 59.7 Å². The molecule has 128 valence electrons. The van der Waals surface area contributed by atoms with Gasteiger partial charge in [0.15, 0.2) is 11.5 Å². The molecule has 2 N–H and O–H groups in total. The van der Waals surface area contributed by atoms with Crippen molar-refractivity contribution in [2.75, 3.05) is 12.5 Å². The predicted octanol–water partition coefficient (Wildman–Crippen LogP) is 3.62. The minimum Gasteiger partial charge on any atom is -0.454 e. The zero-order valence-corrected chi connectivity index (χ0v) is 14.5. The molecule has 1 aromatic heterocycles. The van der Waals surface area contributed by atoms with Crippen LogP contribution in [0.2, 0.25) is 0 Å². The van der Waals surface area contributed by atoms with Gasteiger partial charge in [-0.3, -0.25) is 0 Å². The second kappa shape index (κ2) is 6.94. The number of ether oxygens (including phenoxy) is 2. The zero-order chi connectivity index (χ0) is 17.9. The van der Waals surface area contributed by atoms with Gasteiger partial charge in [-0.15, -0.1) is 11.8 Å². The van der Waals surface area contributed by atoms with Crippen LogP contribution in [0.15, 0.2) is 53.6 Å². The molecule has 0 unspecified atom stereocenters. The van der Waals surface area contributed by atoms with Crippen molar-refractivity contribution in [1.29, 1.82) is 5.26 Å². The van der Waals surface area contributed by atoms with E-state index < -0.39 is 0 Å². The molecule has 0 amide bonds. The standard InChI is InChI=1S/C19H14N4O2S/c20-9-14-17(13-6-7-15-16(8-13)25-11-24-15)22-19(21)23-18(14)26-10-12-4-2-1-3-5-12/h1-8H,10-11H2,(H2,21,22,23). The lowest BCUT2D eigenvalue weighted by molar-refractivity contribution is 0.174. The van der Waals surface area contributed by atoms with Gasteiger partial charge < -0.3 is 15.2 Å². The highest BCUT2D eigenvalue weighted by Gasteiger charge is 2.19. The first kappa shape index (κ1) is 16.2. The van der Waals surface area contributed by atoms with Gasteiger partial charge in [0.05, 0.1) is 5.69 Å². The molecule has 0 spiro atoms. The Kier molecular flexibility index (Phi) is 4.33. The number of nitrogen functional groups attached to an aromatic ring is 1. The molecule has 6 nitrogen and oxygen atoms in total. The van der Waals surface area contributed by atoms with E-state index in [1.807, 2.05) is 36.4 Å². The SMILES string of the molecule is N#Cc1c(SCc2ccccc2)nc(N)nc1-c1ccc2c(c1)OCO2. The Morgan fingerprint density at radius 2 is 1.88 bits per heavy atom. The molecule has 1 aliphatic heterocycles. The van der Waals surface area contributed by atoms with E-state index >= 15 is 0 Å². The van der Waals surface area contributed by atoms with Gasteiger partial charge in [-0.05, 0) is 23.8 Å². The van der Waals surface area contributed by atoms with Crippen LogP contribution < -0.4 is 15.2 Å². The Bertz CT molecular complexity index is 1000. The third-order valence-corrected chi connectivity index (χ3v) is 4.92. The van der Waals surface area contributed by atoms with E-state index in [1.165, 1.54) is 11.8 Å². The van der Waals surface area contributed by atoms with Crippen LogP contribution in [-0.2, 0) is 5.75 Å². The molecule has 2 aromatic carbocycles. The summed E-state index contributed by atoms with van der Waals surface area (Å²) in [4.78, 5) is 8.56. The molecule has 0 radical (unpaired) electrons. The number of benzene rings is 2. The van der Waals surface area contributed by atoms with Gasteiger partial charge in [-0.1, -0.05) is 30.3 Å². The number of nitrogens with zero attached hydrogens (tertiary/aromatic N) is 3. The normalized spacial score (nSPS) is 12.0. The number of aromatic nitrogens is 2. The lowest BCUT2D eigenvalue weighted by Crippen LogP contribution is -2.02. The molecule has 0 saturated carbocycles. The fourth-order valence-corrected chi connectivity index (χ4v) is 3.58. The topological polar surface area (TPSA) is 94.1 Å². The molecule has 0 atom stereocenters. The first-order valence-electron chi connectivity index (χ1n) is 7.89. The summed E-state index contributed by atoms with van der Waals surface area (Å²) in [6.07, 6.45) is 0. The number of hydrogen-bond donors (Lipinski definition) is 1. The van der Waals surface area contributed by atoms with Crippen LogP contribution >= 0.6 is 11.8 Å². The number of nitriles is 1. The molecule has 7 heteroatoms. The number of rotatable bonds is 4. The van der Waals surface area contributed by atoms with Crippen LogP contribution in [0, 0.1) is 11.3 Å². The van der Waals surface area contributed by atoms with E-state index in [0.717, 1.165) is 11.1 Å². The summed E-state index contributed by atoms with van der Waals surface area (Å²) in [6, 6.07) is 17.6. The highest BCUT2D eigenvalue weighted by molar-refractivity contribution is 7.98. The summed E-state index contributed by atoms with van der Waals surface area (Å²) in [5.74, 6) is 2.12. The van der Waals surface area contributed by atoms with Crippen molar-refractivity contribution in [3.8, 4) is 28.8 Å². The van der Waals surface area contributed by atoms with Crippen molar-refractivity contribution < 1.29 is 9.47 Å². The van der Waals surface area contributed by atoms with Crippen molar-refractivity contribution >= 4 is 17.7 Å². The van der Waals surface area contributed by atoms with Gasteiger partial charge in [0, 0.05) is 11.3 Å². The quantitative estimate of drug-likeness (QED) is 0.559. The molecule has 26 heavy (non-hydrogen) atoms. The second-order valence-electron chi connectivity index (χ2n) is 5.56. The molecule has 0 aliphatic carbocycles. The zero-order valence-electron chi connectivity index (χ0n) is 13.7.